The molecule has 0 heterocycles. The number of benzene rings is 1. The van der Waals surface area contributed by atoms with Crippen molar-refractivity contribution in [2.24, 2.45) is 5.73 Å². The molecule has 1 aromatic rings. The third-order valence-electron chi connectivity index (χ3n) is 2.04. The molecule has 0 unspecified atom stereocenters. The Morgan fingerprint density at radius 1 is 1.43 bits per heavy atom. The fourth-order valence-corrected chi connectivity index (χ4v) is 1.17. The number of hydrogen-bond donors (Lipinski definition) is 2. The van der Waals surface area contributed by atoms with Crippen LogP contribution < -0.4 is 10.5 Å². The second-order valence-corrected chi connectivity index (χ2v) is 3.15. The van der Waals surface area contributed by atoms with Crippen LogP contribution in [0.2, 0.25) is 0 Å². The molecular formula is C11H17NO2. The highest BCUT2D eigenvalue weighted by Gasteiger charge is 2.02. The zero-order chi connectivity index (χ0) is 10.4. The van der Waals surface area contributed by atoms with Crippen LogP contribution in [0.15, 0.2) is 18.2 Å². The van der Waals surface area contributed by atoms with Crippen molar-refractivity contribution in [1.82, 2.24) is 0 Å². The first-order valence-corrected chi connectivity index (χ1v) is 4.92. The Bertz CT molecular complexity index is 287. The van der Waals surface area contributed by atoms with Crippen molar-refractivity contribution in [1.29, 1.82) is 0 Å². The van der Waals surface area contributed by atoms with Crippen molar-refractivity contribution in [2.75, 3.05) is 13.2 Å². The normalized spacial score (nSPS) is 10.1. The van der Waals surface area contributed by atoms with E-state index in [1.54, 1.807) is 12.1 Å². The highest BCUT2D eigenvalue weighted by Crippen LogP contribution is 2.26. The molecule has 78 valence electrons. The van der Waals surface area contributed by atoms with Gasteiger partial charge in [0.2, 0.25) is 0 Å². The average molecular weight is 195 g/mol. The Morgan fingerprint density at radius 3 is 2.79 bits per heavy atom. The Morgan fingerprint density at radius 2 is 2.21 bits per heavy atom. The lowest BCUT2D eigenvalue weighted by Crippen LogP contribution is -2.06. The molecule has 0 radical (unpaired) electrons. The van der Waals surface area contributed by atoms with E-state index >= 15 is 0 Å². The van der Waals surface area contributed by atoms with E-state index in [9.17, 15) is 5.11 Å². The predicted octanol–water partition coefficient (Wildman–Crippen LogP) is 1.68. The summed E-state index contributed by atoms with van der Waals surface area (Å²) < 4.78 is 5.35. The molecule has 0 saturated heterocycles. The molecule has 0 bridgehead atoms. The van der Waals surface area contributed by atoms with Crippen LogP contribution in [-0.4, -0.2) is 18.3 Å². The largest absolute Gasteiger partial charge is 0.504 e. The van der Waals surface area contributed by atoms with E-state index in [1.807, 2.05) is 13.0 Å². The van der Waals surface area contributed by atoms with E-state index in [1.165, 1.54) is 0 Å². The number of aryl methyl sites for hydroxylation is 1. The molecule has 0 spiro atoms. The van der Waals surface area contributed by atoms with Gasteiger partial charge in [0.05, 0.1) is 6.61 Å². The van der Waals surface area contributed by atoms with E-state index in [0.717, 1.165) is 18.4 Å². The quantitative estimate of drug-likeness (QED) is 0.703. The zero-order valence-corrected chi connectivity index (χ0v) is 8.49. The van der Waals surface area contributed by atoms with Crippen molar-refractivity contribution >= 4 is 0 Å². The smallest absolute Gasteiger partial charge is 0.160 e. The van der Waals surface area contributed by atoms with Gasteiger partial charge < -0.3 is 15.6 Å². The highest BCUT2D eigenvalue weighted by atomic mass is 16.5. The van der Waals surface area contributed by atoms with Crippen LogP contribution in [0.25, 0.3) is 0 Å². The lowest BCUT2D eigenvalue weighted by atomic mass is 10.1. The fraction of sp³-hybridized carbons (Fsp3) is 0.455. The van der Waals surface area contributed by atoms with Crippen LogP contribution in [0.4, 0.5) is 0 Å². The number of hydrogen-bond acceptors (Lipinski definition) is 3. The van der Waals surface area contributed by atoms with Gasteiger partial charge in [-0.2, -0.15) is 0 Å². The summed E-state index contributed by atoms with van der Waals surface area (Å²) in [6.45, 7) is 3.20. The van der Waals surface area contributed by atoms with Crippen LogP contribution in [0.3, 0.4) is 0 Å². The summed E-state index contributed by atoms with van der Waals surface area (Å²) in [7, 11) is 0. The van der Waals surface area contributed by atoms with Gasteiger partial charge in [0.25, 0.3) is 0 Å². The molecule has 14 heavy (non-hydrogen) atoms. The topological polar surface area (TPSA) is 55.5 Å². The molecule has 0 amide bonds. The molecule has 1 rings (SSSR count). The van der Waals surface area contributed by atoms with Gasteiger partial charge in [-0.1, -0.05) is 13.0 Å². The van der Waals surface area contributed by atoms with Crippen LogP contribution in [-0.2, 0) is 6.42 Å². The third-order valence-corrected chi connectivity index (χ3v) is 2.04. The van der Waals surface area contributed by atoms with Crippen LogP contribution >= 0.6 is 0 Å². The second kappa shape index (κ2) is 5.50. The van der Waals surface area contributed by atoms with Crippen LogP contribution in [0.5, 0.6) is 11.5 Å². The summed E-state index contributed by atoms with van der Waals surface area (Å²) in [5, 5.41) is 9.57. The number of rotatable bonds is 5. The number of phenolic OH excluding ortho intramolecular Hbond substituents is 1. The van der Waals surface area contributed by atoms with E-state index in [-0.39, 0.29) is 5.75 Å². The standard InChI is InChI=1S/C11H17NO2/c1-2-9-4-5-11(10(13)8-9)14-7-3-6-12/h4-5,8,13H,2-3,6-7,12H2,1H3. The first-order chi connectivity index (χ1) is 6.77. The van der Waals surface area contributed by atoms with E-state index < -0.39 is 0 Å². The molecule has 0 aromatic heterocycles. The first kappa shape index (κ1) is 10.9. The van der Waals surface area contributed by atoms with E-state index in [4.69, 9.17) is 10.5 Å². The Kier molecular flexibility index (Phi) is 4.26. The molecular weight excluding hydrogens is 178 g/mol. The maximum Gasteiger partial charge on any atom is 0.160 e. The molecule has 3 nitrogen and oxygen atoms in total. The lowest BCUT2D eigenvalue weighted by Gasteiger charge is -2.08. The summed E-state index contributed by atoms with van der Waals surface area (Å²) >= 11 is 0. The minimum Gasteiger partial charge on any atom is -0.504 e. The van der Waals surface area contributed by atoms with Crippen molar-refractivity contribution in [3.8, 4) is 11.5 Å². The third kappa shape index (κ3) is 2.92. The Balaban J connectivity index is 2.59. The molecule has 1 aromatic carbocycles. The lowest BCUT2D eigenvalue weighted by molar-refractivity contribution is 0.296. The number of phenols is 1. The van der Waals surface area contributed by atoms with Gasteiger partial charge in [-0.3, -0.25) is 0 Å². The molecule has 0 fully saturated rings. The number of ether oxygens (including phenoxy) is 1. The minimum atomic E-state index is 0.210. The molecule has 0 atom stereocenters. The van der Waals surface area contributed by atoms with E-state index in [0.29, 0.717) is 18.9 Å². The Hall–Kier alpha value is -1.22. The van der Waals surface area contributed by atoms with Crippen LogP contribution in [0, 0.1) is 0 Å². The molecule has 0 aliphatic rings. The summed E-state index contributed by atoms with van der Waals surface area (Å²) in [4.78, 5) is 0. The fourth-order valence-electron chi connectivity index (χ4n) is 1.17. The molecule has 0 aliphatic heterocycles. The maximum absolute atomic E-state index is 9.57. The summed E-state index contributed by atoms with van der Waals surface area (Å²) in [6, 6.07) is 5.49. The Labute approximate surface area is 84.5 Å². The highest BCUT2D eigenvalue weighted by molar-refractivity contribution is 5.41. The van der Waals surface area contributed by atoms with Crippen molar-refractivity contribution in [2.45, 2.75) is 19.8 Å². The molecule has 3 heteroatoms. The number of aromatic hydroxyl groups is 1. The summed E-state index contributed by atoms with van der Waals surface area (Å²) in [5.41, 5.74) is 6.44. The van der Waals surface area contributed by atoms with Gasteiger partial charge in [0, 0.05) is 0 Å². The van der Waals surface area contributed by atoms with E-state index in [2.05, 4.69) is 0 Å². The van der Waals surface area contributed by atoms with Crippen molar-refractivity contribution in [3.05, 3.63) is 23.8 Å². The average Bonchev–Trinajstić information content (AvgIpc) is 2.20. The second-order valence-electron chi connectivity index (χ2n) is 3.15. The monoisotopic (exact) mass is 195 g/mol. The van der Waals surface area contributed by atoms with Crippen molar-refractivity contribution in [3.63, 3.8) is 0 Å². The van der Waals surface area contributed by atoms with Gasteiger partial charge in [0.1, 0.15) is 0 Å². The zero-order valence-electron chi connectivity index (χ0n) is 8.49. The van der Waals surface area contributed by atoms with Gasteiger partial charge in [-0.05, 0) is 37.1 Å². The first-order valence-electron chi connectivity index (χ1n) is 4.92. The van der Waals surface area contributed by atoms with Gasteiger partial charge in [0.15, 0.2) is 11.5 Å². The van der Waals surface area contributed by atoms with Gasteiger partial charge in [-0.25, -0.2) is 0 Å². The maximum atomic E-state index is 9.57. The molecule has 0 saturated carbocycles. The molecule has 0 aliphatic carbocycles. The molecule has 3 N–H and O–H groups in total. The van der Waals surface area contributed by atoms with Gasteiger partial charge in [-0.15, -0.1) is 0 Å². The summed E-state index contributed by atoms with van der Waals surface area (Å²) in [6.07, 6.45) is 1.71. The number of nitrogens with two attached hydrogens (primary N) is 1. The SMILES string of the molecule is CCc1ccc(OCCCN)c(O)c1. The summed E-state index contributed by atoms with van der Waals surface area (Å²) in [5.74, 6) is 0.747. The van der Waals surface area contributed by atoms with Gasteiger partial charge >= 0.3 is 0 Å². The van der Waals surface area contributed by atoms with Crippen LogP contribution in [0.1, 0.15) is 18.9 Å². The minimum absolute atomic E-state index is 0.210. The van der Waals surface area contributed by atoms with Crippen molar-refractivity contribution < 1.29 is 9.84 Å². The predicted molar refractivity (Wildman–Crippen MR) is 56.7 cm³/mol.